The van der Waals surface area contributed by atoms with E-state index >= 15 is 0 Å². The molecule has 6 nitrogen and oxygen atoms in total. The van der Waals surface area contributed by atoms with Gasteiger partial charge in [-0.05, 0) is 52.5 Å². The average Bonchev–Trinajstić information content (AvgIpc) is 3.01. The molecule has 0 saturated heterocycles. The molecule has 0 heterocycles. The second-order valence-electron chi connectivity index (χ2n) is 7.18. The van der Waals surface area contributed by atoms with E-state index in [1.807, 2.05) is 51.1 Å². The third-order valence-electron chi connectivity index (χ3n) is 3.71. The number of carbonyl (C=O) groups excluding carboxylic acids is 3. The van der Waals surface area contributed by atoms with Crippen molar-refractivity contribution in [2.45, 2.75) is 65.2 Å². The highest BCUT2D eigenvalue weighted by Gasteiger charge is 2.32. The van der Waals surface area contributed by atoms with Gasteiger partial charge in [0.1, 0.15) is 18.5 Å². The summed E-state index contributed by atoms with van der Waals surface area (Å²) >= 11 is 0. The molecule has 1 amide bonds. The van der Waals surface area contributed by atoms with Crippen molar-refractivity contribution >= 4 is 18.3 Å². The number of hydrogen-bond donors (Lipinski definition) is 1. The average molecular weight is 363 g/mol. The van der Waals surface area contributed by atoms with Gasteiger partial charge in [0.25, 0.3) is 0 Å². The van der Waals surface area contributed by atoms with Gasteiger partial charge < -0.3 is 19.6 Å². The van der Waals surface area contributed by atoms with Crippen LogP contribution in [0.4, 0.5) is 4.79 Å². The van der Waals surface area contributed by atoms with Crippen molar-refractivity contribution in [2.75, 3.05) is 0 Å². The van der Waals surface area contributed by atoms with Crippen molar-refractivity contribution in [3.63, 3.8) is 0 Å². The van der Waals surface area contributed by atoms with Gasteiger partial charge in [0.05, 0.1) is 5.92 Å². The van der Waals surface area contributed by atoms with Gasteiger partial charge in [-0.2, -0.15) is 0 Å². The molecule has 2 unspecified atom stereocenters. The summed E-state index contributed by atoms with van der Waals surface area (Å²) in [4.78, 5) is 32.7. The maximum absolute atomic E-state index is 12.1. The Morgan fingerprint density at radius 2 is 1.81 bits per heavy atom. The van der Waals surface area contributed by atoms with Crippen molar-refractivity contribution in [3.8, 4) is 0 Å². The van der Waals surface area contributed by atoms with Crippen LogP contribution in [-0.2, 0) is 25.7 Å². The van der Waals surface area contributed by atoms with Gasteiger partial charge in [0, 0.05) is 6.04 Å². The summed E-state index contributed by atoms with van der Waals surface area (Å²) in [6.07, 6.45) is 2.42. The molecule has 2 rings (SSSR count). The van der Waals surface area contributed by atoms with Gasteiger partial charge in [0.15, 0.2) is 0 Å². The molecule has 0 aromatic heterocycles. The second-order valence-corrected chi connectivity index (χ2v) is 7.18. The van der Waals surface area contributed by atoms with E-state index in [4.69, 9.17) is 14.3 Å². The largest absolute Gasteiger partial charge is 0.461 e. The highest BCUT2D eigenvalue weighted by Crippen LogP contribution is 2.27. The first-order chi connectivity index (χ1) is 12.2. The zero-order valence-corrected chi connectivity index (χ0v) is 16.0. The second kappa shape index (κ2) is 10.6. The van der Waals surface area contributed by atoms with Crippen LogP contribution in [0.15, 0.2) is 30.3 Å². The van der Waals surface area contributed by atoms with Crippen LogP contribution in [0.5, 0.6) is 0 Å². The van der Waals surface area contributed by atoms with Gasteiger partial charge in [-0.3, -0.25) is 4.79 Å². The Labute approximate surface area is 155 Å². The number of carbonyl (C=O) groups is 3. The van der Waals surface area contributed by atoms with Crippen molar-refractivity contribution in [1.82, 2.24) is 5.32 Å². The summed E-state index contributed by atoms with van der Waals surface area (Å²) in [5, 5.41) is 2.83. The van der Waals surface area contributed by atoms with E-state index in [9.17, 15) is 9.59 Å². The first kappa shape index (κ1) is 21.7. The number of hydrogen-bond acceptors (Lipinski definition) is 5. The van der Waals surface area contributed by atoms with Crippen LogP contribution < -0.4 is 5.32 Å². The maximum Gasteiger partial charge on any atom is 0.407 e. The molecule has 1 saturated carbocycles. The third-order valence-corrected chi connectivity index (χ3v) is 3.71. The molecule has 1 N–H and O–H groups in total. The lowest BCUT2D eigenvalue weighted by Gasteiger charge is -2.21. The molecule has 0 bridgehead atoms. The highest BCUT2D eigenvalue weighted by molar-refractivity contribution is 5.73. The van der Waals surface area contributed by atoms with Crippen molar-refractivity contribution in [3.05, 3.63) is 35.9 Å². The first-order valence-electron chi connectivity index (χ1n) is 8.85. The van der Waals surface area contributed by atoms with E-state index < -0.39 is 11.7 Å². The zero-order chi connectivity index (χ0) is 19.6. The zero-order valence-electron chi connectivity index (χ0n) is 16.0. The molecule has 144 valence electrons. The smallest absolute Gasteiger partial charge is 0.407 e. The van der Waals surface area contributed by atoms with Gasteiger partial charge in [-0.15, -0.1) is 0 Å². The minimum absolute atomic E-state index is 0.0286. The van der Waals surface area contributed by atoms with Crippen LogP contribution >= 0.6 is 0 Å². The Balaban J connectivity index is 0.00000105. The number of alkyl carbamates (subject to hydrolysis) is 1. The molecule has 6 heteroatoms. The van der Waals surface area contributed by atoms with Crippen molar-refractivity contribution in [2.24, 2.45) is 5.92 Å². The third kappa shape index (κ3) is 8.65. The predicted molar refractivity (Wildman–Crippen MR) is 98.5 cm³/mol. The lowest BCUT2D eigenvalue weighted by molar-refractivity contribution is -0.149. The molecule has 0 radical (unpaired) electrons. The van der Waals surface area contributed by atoms with E-state index in [1.165, 1.54) is 6.92 Å². The number of amides is 1. The minimum atomic E-state index is -0.517. The Kier molecular flexibility index (Phi) is 8.82. The number of esters is 1. The van der Waals surface area contributed by atoms with Gasteiger partial charge in [0.2, 0.25) is 0 Å². The van der Waals surface area contributed by atoms with Gasteiger partial charge in [-0.1, -0.05) is 30.3 Å². The fourth-order valence-corrected chi connectivity index (χ4v) is 2.65. The van der Waals surface area contributed by atoms with E-state index in [2.05, 4.69) is 5.32 Å². The minimum Gasteiger partial charge on any atom is -0.461 e. The van der Waals surface area contributed by atoms with Gasteiger partial charge >= 0.3 is 12.1 Å². The molecule has 1 aromatic rings. The molecular formula is C20H29NO5. The number of benzene rings is 1. The van der Waals surface area contributed by atoms with Crippen LogP contribution in [0, 0.1) is 5.92 Å². The molecule has 1 aliphatic carbocycles. The van der Waals surface area contributed by atoms with Crippen LogP contribution in [0.1, 0.15) is 52.5 Å². The maximum atomic E-state index is 12.1. The number of aldehydes is 1. The standard InChI is InChI=1S/C18H25NO4.C2H4O/c1-18(2,3)23-17(21)19-15-10-9-14(11-15)16(20)22-12-13-7-5-4-6-8-13;1-2-3/h4-8,14-15H,9-12H2,1-3H3,(H,19,21);2H,1H3. The summed E-state index contributed by atoms with van der Waals surface area (Å²) < 4.78 is 10.6. The Morgan fingerprint density at radius 3 is 2.38 bits per heavy atom. The summed E-state index contributed by atoms with van der Waals surface area (Å²) in [5.74, 6) is -0.346. The molecule has 0 spiro atoms. The summed E-state index contributed by atoms with van der Waals surface area (Å²) in [5.41, 5.74) is 0.457. The lowest BCUT2D eigenvalue weighted by Crippen LogP contribution is -2.38. The topological polar surface area (TPSA) is 81.7 Å². The fourth-order valence-electron chi connectivity index (χ4n) is 2.65. The summed E-state index contributed by atoms with van der Waals surface area (Å²) in [6.45, 7) is 7.21. The Morgan fingerprint density at radius 1 is 1.19 bits per heavy atom. The highest BCUT2D eigenvalue weighted by atomic mass is 16.6. The van der Waals surface area contributed by atoms with E-state index in [0.717, 1.165) is 24.7 Å². The summed E-state index contributed by atoms with van der Waals surface area (Å²) in [6, 6.07) is 9.58. The number of nitrogens with one attached hydrogen (secondary N) is 1. The van der Waals surface area contributed by atoms with Crippen LogP contribution in [-0.4, -0.2) is 30.0 Å². The van der Waals surface area contributed by atoms with Crippen LogP contribution in [0.25, 0.3) is 0 Å². The number of rotatable bonds is 4. The monoisotopic (exact) mass is 363 g/mol. The normalized spacial score (nSPS) is 18.9. The molecule has 1 fully saturated rings. The van der Waals surface area contributed by atoms with E-state index in [0.29, 0.717) is 13.0 Å². The summed E-state index contributed by atoms with van der Waals surface area (Å²) in [7, 11) is 0. The number of ether oxygens (including phenoxy) is 2. The van der Waals surface area contributed by atoms with Crippen LogP contribution in [0.3, 0.4) is 0 Å². The molecule has 1 aromatic carbocycles. The van der Waals surface area contributed by atoms with E-state index in [-0.39, 0.29) is 17.9 Å². The van der Waals surface area contributed by atoms with Crippen molar-refractivity contribution < 1.29 is 23.9 Å². The molecule has 1 aliphatic rings. The van der Waals surface area contributed by atoms with Gasteiger partial charge in [-0.25, -0.2) is 4.79 Å². The first-order valence-corrected chi connectivity index (χ1v) is 8.85. The Bertz CT molecular complexity index is 580. The molecule has 26 heavy (non-hydrogen) atoms. The molecule has 2 atom stereocenters. The van der Waals surface area contributed by atoms with E-state index in [1.54, 1.807) is 0 Å². The van der Waals surface area contributed by atoms with Crippen LogP contribution in [0.2, 0.25) is 0 Å². The SMILES string of the molecule is CC(C)(C)OC(=O)NC1CCC(C(=O)OCc2ccccc2)C1.CC=O. The Hall–Kier alpha value is -2.37. The molecular weight excluding hydrogens is 334 g/mol. The van der Waals surface area contributed by atoms with Crippen molar-refractivity contribution in [1.29, 1.82) is 0 Å². The predicted octanol–water partition coefficient (Wildman–Crippen LogP) is 3.63. The lowest BCUT2D eigenvalue weighted by atomic mass is 10.1. The quantitative estimate of drug-likeness (QED) is 0.652. The fraction of sp³-hybridized carbons (Fsp3) is 0.550. The molecule has 0 aliphatic heterocycles.